The van der Waals surface area contributed by atoms with Crippen LogP contribution >= 0.6 is 0 Å². The summed E-state index contributed by atoms with van der Waals surface area (Å²) < 4.78 is 0. The molecule has 0 N–H and O–H groups in total. The lowest BCUT2D eigenvalue weighted by atomic mass is 9.42. The highest BCUT2D eigenvalue weighted by Crippen LogP contribution is 2.69. The lowest BCUT2D eigenvalue weighted by Crippen LogP contribution is -2.52. The molecular formula is C24H28. The van der Waals surface area contributed by atoms with Crippen LogP contribution in [0.1, 0.15) is 40.5 Å². The molecule has 0 aromatic rings. The smallest absolute Gasteiger partial charge is 0.0342 e. The predicted octanol–water partition coefficient (Wildman–Crippen LogP) is 6.48. The zero-order chi connectivity index (χ0) is 16.9. The van der Waals surface area contributed by atoms with Crippen LogP contribution in [0.3, 0.4) is 0 Å². The quantitative estimate of drug-likeness (QED) is 0.557. The first-order valence-corrected chi connectivity index (χ1v) is 9.39. The Balaban J connectivity index is 2.07. The molecule has 0 spiro atoms. The Labute approximate surface area is 146 Å². The zero-order valence-corrected chi connectivity index (χ0v) is 15.3. The van der Waals surface area contributed by atoms with E-state index in [2.05, 4.69) is 88.5 Å². The van der Waals surface area contributed by atoms with Gasteiger partial charge in [0.1, 0.15) is 0 Å². The van der Waals surface area contributed by atoms with Crippen molar-refractivity contribution in [2.45, 2.75) is 40.5 Å². The third-order valence-corrected chi connectivity index (χ3v) is 6.12. The van der Waals surface area contributed by atoms with Crippen LogP contribution in [0.15, 0.2) is 83.1 Å². The molecule has 0 heterocycles. The third-order valence-electron chi connectivity index (χ3n) is 6.12. The van der Waals surface area contributed by atoms with E-state index >= 15 is 0 Å². The minimum Gasteiger partial charge on any atom is -0.0627 e. The highest BCUT2D eigenvalue weighted by molar-refractivity contribution is 5.67. The van der Waals surface area contributed by atoms with Crippen molar-refractivity contribution in [3.8, 4) is 0 Å². The Kier molecular flexibility index (Phi) is 3.49. The number of allylic oxidation sites excluding steroid dienone is 14. The van der Waals surface area contributed by atoms with Gasteiger partial charge in [0.05, 0.1) is 0 Å². The van der Waals surface area contributed by atoms with E-state index in [0.717, 1.165) is 0 Å². The lowest BCUT2D eigenvalue weighted by molar-refractivity contribution is 0.135. The molecule has 0 saturated carbocycles. The largest absolute Gasteiger partial charge is 0.0627 e. The van der Waals surface area contributed by atoms with Crippen LogP contribution in [0.2, 0.25) is 0 Å². The SMILES string of the molecule is CC(C)CC12C3=CC=CC1=CC=C1C=CC=C(C=C3)C12CC(C)C. The molecule has 0 aliphatic heterocycles. The van der Waals surface area contributed by atoms with E-state index in [0.29, 0.717) is 11.8 Å². The fourth-order valence-corrected chi connectivity index (χ4v) is 5.59. The lowest BCUT2D eigenvalue weighted by Gasteiger charge is -2.60. The van der Waals surface area contributed by atoms with E-state index in [-0.39, 0.29) is 10.8 Å². The molecule has 124 valence electrons. The fraction of sp³-hybridized carbons (Fsp3) is 0.417. The molecule has 0 amide bonds. The topological polar surface area (TPSA) is 0 Å². The summed E-state index contributed by atoms with van der Waals surface area (Å²) >= 11 is 0. The van der Waals surface area contributed by atoms with E-state index in [1.807, 2.05) is 0 Å². The Morgan fingerprint density at radius 3 is 1.33 bits per heavy atom. The van der Waals surface area contributed by atoms with Crippen molar-refractivity contribution >= 4 is 0 Å². The summed E-state index contributed by atoms with van der Waals surface area (Å²) in [4.78, 5) is 0. The van der Waals surface area contributed by atoms with E-state index in [1.54, 1.807) is 0 Å². The Hall–Kier alpha value is -1.82. The van der Waals surface area contributed by atoms with Crippen LogP contribution in [0.4, 0.5) is 0 Å². The standard InChI is InChI=1S/C24H28/c1-17(2)15-23-19-7-5-8-20(23)12-14-22-10-6-9-21(13-11-19)24(22,23)16-18(3)4/h5-14,17-18H,15-16H2,1-4H3. The van der Waals surface area contributed by atoms with Crippen LogP contribution in [0.5, 0.6) is 0 Å². The minimum absolute atomic E-state index is 0.0929. The molecule has 2 unspecified atom stereocenters. The van der Waals surface area contributed by atoms with Gasteiger partial charge in [0, 0.05) is 10.8 Å². The van der Waals surface area contributed by atoms with Gasteiger partial charge in [-0.25, -0.2) is 0 Å². The van der Waals surface area contributed by atoms with Gasteiger partial charge in [-0.3, -0.25) is 0 Å². The van der Waals surface area contributed by atoms with Crippen molar-refractivity contribution in [1.29, 1.82) is 0 Å². The number of hydrogen-bond donors (Lipinski definition) is 0. The predicted molar refractivity (Wildman–Crippen MR) is 104 cm³/mol. The van der Waals surface area contributed by atoms with Crippen molar-refractivity contribution < 1.29 is 0 Å². The molecular weight excluding hydrogens is 288 g/mol. The summed E-state index contributed by atoms with van der Waals surface area (Å²) in [6.07, 6.45) is 25.8. The number of rotatable bonds is 4. The van der Waals surface area contributed by atoms with Crippen molar-refractivity contribution in [2.75, 3.05) is 0 Å². The van der Waals surface area contributed by atoms with Crippen molar-refractivity contribution in [2.24, 2.45) is 22.7 Å². The zero-order valence-electron chi connectivity index (χ0n) is 15.3. The molecule has 0 saturated heterocycles. The van der Waals surface area contributed by atoms with Crippen LogP contribution in [-0.2, 0) is 0 Å². The Bertz CT molecular complexity index is 707. The summed E-state index contributed by atoms with van der Waals surface area (Å²) in [6.45, 7) is 9.49. The molecule has 0 aromatic heterocycles. The maximum Gasteiger partial charge on any atom is 0.0342 e. The minimum atomic E-state index is 0.0929. The maximum atomic E-state index is 2.38. The Morgan fingerprint density at radius 1 is 0.583 bits per heavy atom. The van der Waals surface area contributed by atoms with Gasteiger partial charge in [0.25, 0.3) is 0 Å². The molecule has 0 fully saturated rings. The number of hydrogen-bond acceptors (Lipinski definition) is 0. The molecule has 4 aliphatic rings. The molecule has 4 aliphatic carbocycles. The Morgan fingerprint density at radius 2 is 0.958 bits per heavy atom. The van der Waals surface area contributed by atoms with Gasteiger partial charge in [-0.1, -0.05) is 88.5 Å². The van der Waals surface area contributed by atoms with Gasteiger partial charge in [0.2, 0.25) is 0 Å². The second kappa shape index (κ2) is 5.34. The van der Waals surface area contributed by atoms with E-state index < -0.39 is 0 Å². The fourth-order valence-electron chi connectivity index (χ4n) is 5.59. The highest BCUT2D eigenvalue weighted by Gasteiger charge is 2.60. The van der Waals surface area contributed by atoms with Crippen LogP contribution < -0.4 is 0 Å². The van der Waals surface area contributed by atoms with Gasteiger partial charge in [0.15, 0.2) is 0 Å². The molecule has 0 nitrogen and oxygen atoms in total. The average Bonchev–Trinajstić information content (AvgIpc) is 2.52. The first kappa shape index (κ1) is 15.7. The van der Waals surface area contributed by atoms with Gasteiger partial charge in [-0.15, -0.1) is 0 Å². The van der Waals surface area contributed by atoms with E-state index in [4.69, 9.17) is 0 Å². The molecule has 4 rings (SSSR count). The van der Waals surface area contributed by atoms with Crippen LogP contribution in [0.25, 0.3) is 0 Å². The average molecular weight is 316 g/mol. The highest BCUT2D eigenvalue weighted by atomic mass is 14.6. The second-order valence-corrected chi connectivity index (χ2v) is 8.55. The van der Waals surface area contributed by atoms with Crippen molar-refractivity contribution in [3.63, 3.8) is 0 Å². The third kappa shape index (κ3) is 1.86. The van der Waals surface area contributed by atoms with Gasteiger partial charge < -0.3 is 0 Å². The van der Waals surface area contributed by atoms with Gasteiger partial charge >= 0.3 is 0 Å². The van der Waals surface area contributed by atoms with Crippen LogP contribution in [-0.4, -0.2) is 0 Å². The van der Waals surface area contributed by atoms with Gasteiger partial charge in [-0.2, -0.15) is 0 Å². The summed E-state index contributed by atoms with van der Waals surface area (Å²) in [5.74, 6) is 1.32. The molecule has 0 heteroatoms. The summed E-state index contributed by atoms with van der Waals surface area (Å²) in [7, 11) is 0. The van der Waals surface area contributed by atoms with Gasteiger partial charge in [-0.05, 0) is 47.0 Å². The first-order valence-electron chi connectivity index (χ1n) is 9.39. The summed E-state index contributed by atoms with van der Waals surface area (Å²) in [5.41, 5.74) is 6.20. The second-order valence-electron chi connectivity index (χ2n) is 8.55. The van der Waals surface area contributed by atoms with E-state index in [9.17, 15) is 0 Å². The van der Waals surface area contributed by atoms with E-state index in [1.165, 1.54) is 35.1 Å². The van der Waals surface area contributed by atoms with Crippen molar-refractivity contribution in [1.82, 2.24) is 0 Å². The normalized spacial score (nSPS) is 32.4. The summed E-state index contributed by atoms with van der Waals surface area (Å²) in [6, 6.07) is 0. The molecule has 0 bridgehead atoms. The first-order chi connectivity index (χ1) is 11.5. The molecule has 24 heavy (non-hydrogen) atoms. The summed E-state index contributed by atoms with van der Waals surface area (Å²) in [5, 5.41) is 0. The maximum absolute atomic E-state index is 2.38. The monoisotopic (exact) mass is 316 g/mol. The molecule has 0 radical (unpaired) electrons. The van der Waals surface area contributed by atoms with Crippen LogP contribution in [0, 0.1) is 22.7 Å². The molecule has 0 aromatic carbocycles. The van der Waals surface area contributed by atoms with Crippen molar-refractivity contribution in [3.05, 3.63) is 83.1 Å². The molecule has 2 atom stereocenters.